The number of pyridine rings is 2. The summed E-state index contributed by atoms with van der Waals surface area (Å²) >= 11 is 0. The number of methoxy groups -OCH3 is 1. The van der Waals surface area contributed by atoms with Crippen LogP contribution in [-0.4, -0.2) is 61.0 Å². The minimum absolute atomic E-state index is 0.0743. The lowest BCUT2D eigenvalue weighted by Crippen LogP contribution is -2.22. The van der Waals surface area contributed by atoms with Crippen molar-refractivity contribution in [2.75, 3.05) is 25.0 Å². The third-order valence-corrected chi connectivity index (χ3v) is 7.15. The number of fused-ring (bicyclic) bond motifs is 1. The van der Waals surface area contributed by atoms with Crippen molar-refractivity contribution in [3.8, 4) is 17.6 Å². The second-order valence-electron chi connectivity index (χ2n) is 8.39. The molecule has 3 N–H and O–H groups in total. The molecule has 0 saturated carbocycles. The number of ether oxygens (including phenoxy) is 2. The Balaban J connectivity index is 1.63. The summed E-state index contributed by atoms with van der Waals surface area (Å²) < 4.78 is 39.8. The molecule has 11 heteroatoms. The number of hydrogen-bond donors (Lipinski definition) is 3. The van der Waals surface area contributed by atoms with Crippen LogP contribution in [0.5, 0.6) is 5.75 Å². The number of carbonyl (C=O) groups excluding carboxylic acids is 1. The highest BCUT2D eigenvalue weighted by Gasteiger charge is 2.22. The van der Waals surface area contributed by atoms with E-state index in [1.54, 1.807) is 55.6 Å². The number of anilines is 1. The van der Waals surface area contributed by atoms with Crippen molar-refractivity contribution >= 4 is 32.6 Å². The average molecular weight is 548 g/mol. The number of carbonyl (C=O) groups is 1. The first-order valence-corrected chi connectivity index (χ1v) is 13.2. The summed E-state index contributed by atoms with van der Waals surface area (Å²) in [7, 11) is -2.62. The summed E-state index contributed by atoms with van der Waals surface area (Å²) in [6.45, 7) is 0.776. The Bertz CT molecular complexity index is 1690. The van der Waals surface area contributed by atoms with E-state index in [1.807, 2.05) is 6.07 Å². The van der Waals surface area contributed by atoms with Gasteiger partial charge in [-0.25, -0.2) is 18.2 Å². The molecular weight excluding hydrogens is 522 g/mol. The SMILES string of the molecule is COc1cc(C(=O)OCC(O)CO)ncc1C#Cc1ccccc1NS(=O)(=O)c1c(C)ccc2cccnc12. The molecule has 4 aromatic rings. The van der Waals surface area contributed by atoms with E-state index in [4.69, 9.17) is 14.6 Å². The number of aliphatic hydroxyl groups is 2. The Morgan fingerprint density at radius 1 is 1.08 bits per heavy atom. The van der Waals surface area contributed by atoms with E-state index in [-0.39, 0.29) is 28.6 Å². The molecule has 1 atom stereocenters. The number of aryl methyl sites for hydroxylation is 1. The molecule has 0 spiro atoms. The Kier molecular flexibility index (Phi) is 8.41. The predicted molar refractivity (Wildman–Crippen MR) is 144 cm³/mol. The van der Waals surface area contributed by atoms with E-state index in [9.17, 15) is 18.3 Å². The third kappa shape index (κ3) is 6.32. The van der Waals surface area contributed by atoms with Crippen molar-refractivity contribution in [1.82, 2.24) is 9.97 Å². The van der Waals surface area contributed by atoms with Gasteiger partial charge < -0.3 is 19.7 Å². The van der Waals surface area contributed by atoms with E-state index in [2.05, 4.69) is 26.5 Å². The largest absolute Gasteiger partial charge is 0.495 e. The van der Waals surface area contributed by atoms with Crippen LogP contribution in [0.1, 0.15) is 27.2 Å². The molecule has 0 aliphatic rings. The Labute approximate surface area is 225 Å². The summed E-state index contributed by atoms with van der Waals surface area (Å²) in [6, 6.07) is 15.1. The molecule has 0 saturated heterocycles. The second-order valence-corrected chi connectivity index (χ2v) is 10.0. The number of aliphatic hydroxyl groups excluding tert-OH is 2. The van der Waals surface area contributed by atoms with Gasteiger partial charge in [-0.05, 0) is 30.7 Å². The molecule has 2 aromatic carbocycles. The lowest BCUT2D eigenvalue weighted by molar-refractivity contribution is 0.00886. The fraction of sp³-hybridized carbons (Fsp3) is 0.179. The van der Waals surface area contributed by atoms with Crippen LogP contribution in [0.15, 0.2) is 71.9 Å². The standard InChI is InChI=1S/C28H25N3O7S/c1-18-9-10-20-7-5-13-29-26(20)27(18)39(35,36)31-23-8-4-3-6-19(23)11-12-21-15-30-24(14-25(21)37-2)28(34)38-17-22(33)16-32/h3-10,13-15,22,31-33H,16-17H2,1-2H3. The first-order chi connectivity index (χ1) is 18.7. The average Bonchev–Trinajstić information content (AvgIpc) is 2.94. The summed E-state index contributed by atoms with van der Waals surface area (Å²) in [5.41, 5.74) is 1.86. The van der Waals surface area contributed by atoms with E-state index >= 15 is 0 Å². The van der Waals surface area contributed by atoms with Crippen LogP contribution in [0.4, 0.5) is 5.69 Å². The van der Waals surface area contributed by atoms with Crippen LogP contribution in [0.25, 0.3) is 10.9 Å². The van der Waals surface area contributed by atoms with Gasteiger partial charge in [0.15, 0.2) is 5.69 Å². The summed E-state index contributed by atoms with van der Waals surface area (Å²) in [6.07, 6.45) is 1.67. The van der Waals surface area contributed by atoms with E-state index in [1.165, 1.54) is 19.4 Å². The maximum atomic E-state index is 13.5. The van der Waals surface area contributed by atoms with Crippen LogP contribution in [-0.2, 0) is 14.8 Å². The first kappa shape index (κ1) is 27.5. The van der Waals surface area contributed by atoms with Gasteiger partial charge in [0.2, 0.25) is 0 Å². The number of nitrogens with zero attached hydrogens (tertiary/aromatic N) is 2. The van der Waals surface area contributed by atoms with Gasteiger partial charge in [-0.2, -0.15) is 0 Å². The molecule has 4 rings (SSSR count). The summed E-state index contributed by atoms with van der Waals surface area (Å²) in [4.78, 5) is 20.6. The van der Waals surface area contributed by atoms with Gasteiger partial charge in [-0.15, -0.1) is 0 Å². The number of nitrogens with one attached hydrogen (secondary N) is 1. The number of esters is 1. The molecule has 2 aromatic heterocycles. The number of sulfonamides is 1. The topological polar surface area (TPSA) is 148 Å². The summed E-state index contributed by atoms with van der Waals surface area (Å²) in [5, 5.41) is 18.9. The highest BCUT2D eigenvalue weighted by atomic mass is 32.2. The van der Waals surface area contributed by atoms with E-state index < -0.39 is 28.7 Å². The summed E-state index contributed by atoms with van der Waals surface area (Å²) in [5.74, 6) is 5.27. The quantitative estimate of drug-likeness (QED) is 0.224. The maximum Gasteiger partial charge on any atom is 0.357 e. The monoisotopic (exact) mass is 547 g/mol. The zero-order valence-electron chi connectivity index (χ0n) is 21.1. The van der Waals surface area contributed by atoms with Gasteiger partial charge in [0.1, 0.15) is 23.4 Å². The molecular formula is C28H25N3O7S. The predicted octanol–water partition coefficient (Wildman–Crippen LogP) is 2.66. The highest BCUT2D eigenvalue weighted by molar-refractivity contribution is 7.93. The van der Waals surface area contributed by atoms with Gasteiger partial charge in [0.25, 0.3) is 10.0 Å². The highest BCUT2D eigenvalue weighted by Crippen LogP contribution is 2.28. The minimum Gasteiger partial charge on any atom is -0.495 e. The van der Waals surface area contributed by atoms with Crippen LogP contribution >= 0.6 is 0 Å². The fourth-order valence-corrected chi connectivity index (χ4v) is 5.17. The molecule has 0 fully saturated rings. The van der Waals surface area contributed by atoms with Crippen LogP contribution in [0, 0.1) is 18.8 Å². The number of para-hydroxylation sites is 1. The number of rotatable bonds is 8. The first-order valence-electron chi connectivity index (χ1n) is 11.7. The van der Waals surface area contributed by atoms with Gasteiger partial charge >= 0.3 is 5.97 Å². The number of benzene rings is 2. The van der Waals surface area contributed by atoms with Gasteiger partial charge in [0.05, 0.1) is 30.5 Å². The molecule has 200 valence electrons. The van der Waals surface area contributed by atoms with Gasteiger partial charge in [-0.3, -0.25) is 9.71 Å². The van der Waals surface area contributed by atoms with Crippen LogP contribution < -0.4 is 9.46 Å². The molecule has 39 heavy (non-hydrogen) atoms. The fourth-order valence-electron chi connectivity index (χ4n) is 3.68. The third-order valence-electron chi connectivity index (χ3n) is 5.61. The Morgan fingerprint density at radius 3 is 2.62 bits per heavy atom. The van der Waals surface area contributed by atoms with Crippen molar-refractivity contribution in [3.63, 3.8) is 0 Å². The van der Waals surface area contributed by atoms with E-state index in [0.717, 1.165) is 0 Å². The Morgan fingerprint density at radius 2 is 1.85 bits per heavy atom. The lowest BCUT2D eigenvalue weighted by atomic mass is 10.1. The molecule has 0 amide bonds. The number of aromatic nitrogens is 2. The molecule has 0 aliphatic carbocycles. The molecule has 0 aliphatic heterocycles. The lowest BCUT2D eigenvalue weighted by Gasteiger charge is -2.13. The van der Waals surface area contributed by atoms with E-state index in [0.29, 0.717) is 27.6 Å². The molecule has 1 unspecified atom stereocenters. The number of hydrogen-bond acceptors (Lipinski definition) is 9. The van der Waals surface area contributed by atoms with Crippen LogP contribution in [0.2, 0.25) is 0 Å². The van der Waals surface area contributed by atoms with Crippen molar-refractivity contribution in [2.24, 2.45) is 0 Å². The van der Waals surface area contributed by atoms with Crippen molar-refractivity contribution < 1.29 is 32.9 Å². The Hall–Kier alpha value is -4.50. The maximum absolute atomic E-state index is 13.5. The molecule has 10 nitrogen and oxygen atoms in total. The molecule has 0 radical (unpaired) electrons. The van der Waals surface area contributed by atoms with Gasteiger partial charge in [0, 0.05) is 29.4 Å². The van der Waals surface area contributed by atoms with Crippen molar-refractivity contribution in [3.05, 3.63) is 89.4 Å². The smallest absolute Gasteiger partial charge is 0.357 e. The van der Waals surface area contributed by atoms with Gasteiger partial charge in [-0.1, -0.05) is 42.2 Å². The molecule has 2 heterocycles. The zero-order valence-corrected chi connectivity index (χ0v) is 21.9. The van der Waals surface area contributed by atoms with Crippen LogP contribution in [0.3, 0.4) is 0 Å². The normalized spacial score (nSPS) is 11.8. The zero-order chi connectivity index (χ0) is 28.0. The van der Waals surface area contributed by atoms with Crippen molar-refractivity contribution in [1.29, 1.82) is 0 Å². The van der Waals surface area contributed by atoms with Crippen molar-refractivity contribution in [2.45, 2.75) is 17.9 Å². The molecule has 0 bridgehead atoms. The minimum atomic E-state index is -4.02. The second kappa shape index (κ2) is 11.9.